The van der Waals surface area contributed by atoms with Gasteiger partial charge in [0, 0.05) is 19.2 Å². The van der Waals surface area contributed by atoms with Crippen molar-refractivity contribution >= 4 is 43.1 Å². The predicted molar refractivity (Wildman–Crippen MR) is 104 cm³/mol. The zero-order valence-electron chi connectivity index (χ0n) is 14.6. The molecule has 0 fully saturated rings. The smallest absolute Gasteiger partial charge is 0.255 e. The number of hydrogen-bond donors (Lipinski definition) is 1. The minimum absolute atomic E-state index is 0.100. The number of nitrogens with one attached hydrogen (secondary N) is 1. The van der Waals surface area contributed by atoms with E-state index < -0.39 is 14.1 Å². The molecule has 0 saturated carbocycles. The quantitative estimate of drug-likeness (QED) is 0.475. The molecule has 10 heteroatoms. The van der Waals surface area contributed by atoms with E-state index in [1.807, 2.05) is 0 Å². The highest BCUT2D eigenvalue weighted by atomic mass is 35.5. The number of rotatable bonds is 6. The Morgan fingerprint density at radius 1 is 1.27 bits per heavy atom. The van der Waals surface area contributed by atoms with Gasteiger partial charge in [-0.15, -0.1) is 0 Å². The molecule has 3 rings (SSSR count). The molecule has 26 heavy (non-hydrogen) atoms. The Morgan fingerprint density at radius 3 is 2.73 bits per heavy atom. The molecule has 0 saturated heterocycles. The van der Waals surface area contributed by atoms with Crippen molar-refractivity contribution < 1.29 is 8.82 Å². The van der Waals surface area contributed by atoms with Gasteiger partial charge in [0.25, 0.3) is 5.78 Å². The van der Waals surface area contributed by atoms with Crippen LogP contribution < -0.4 is 5.32 Å². The topological polar surface area (TPSA) is 64.3 Å². The number of fused-ring (bicyclic) bond motifs is 1. The zero-order chi connectivity index (χ0) is 18.9. The number of nitrogens with zero attached hydrogens (tertiary/aromatic N) is 4. The summed E-state index contributed by atoms with van der Waals surface area (Å²) in [5.41, 5.74) is 0.527. The number of halogens is 3. The van der Waals surface area contributed by atoms with Crippen molar-refractivity contribution in [3.8, 4) is 11.1 Å². The summed E-state index contributed by atoms with van der Waals surface area (Å²) < 4.78 is 21.6. The normalized spacial score (nSPS) is 11.9. The van der Waals surface area contributed by atoms with Crippen molar-refractivity contribution in [1.29, 1.82) is 0 Å². The van der Waals surface area contributed by atoms with Crippen LogP contribution in [-0.4, -0.2) is 41.6 Å². The minimum Gasteiger partial charge on any atom is -0.420 e. The van der Waals surface area contributed by atoms with Crippen molar-refractivity contribution in [3.05, 3.63) is 40.5 Å². The van der Waals surface area contributed by atoms with Crippen molar-refractivity contribution in [2.75, 3.05) is 19.0 Å². The van der Waals surface area contributed by atoms with Crippen molar-refractivity contribution in [2.24, 2.45) is 0 Å². The van der Waals surface area contributed by atoms with Crippen LogP contribution in [0, 0.1) is 5.82 Å². The maximum Gasteiger partial charge on any atom is 0.255 e. The molecule has 0 aliphatic rings. The fourth-order valence-corrected chi connectivity index (χ4v) is 3.97. The third kappa shape index (κ3) is 3.68. The summed E-state index contributed by atoms with van der Waals surface area (Å²) >= 11 is 12.6. The second-order valence-corrected chi connectivity index (χ2v) is 11.5. The summed E-state index contributed by atoms with van der Waals surface area (Å²) in [6, 6.07) is 5.31. The second-order valence-electron chi connectivity index (χ2n) is 6.34. The molecule has 0 bridgehead atoms. The van der Waals surface area contributed by atoms with E-state index in [4.69, 9.17) is 27.6 Å². The minimum atomic E-state index is -1.77. The third-order valence-electron chi connectivity index (χ3n) is 4.17. The second kappa shape index (κ2) is 7.48. The maximum absolute atomic E-state index is 14.5. The maximum atomic E-state index is 14.5. The van der Waals surface area contributed by atoms with Crippen molar-refractivity contribution in [2.45, 2.75) is 19.1 Å². The molecule has 0 aliphatic carbocycles. The molecule has 0 amide bonds. The molecule has 0 radical (unpaired) electrons. The van der Waals surface area contributed by atoms with Gasteiger partial charge in [0.1, 0.15) is 23.1 Å². The third-order valence-corrected chi connectivity index (χ3v) is 7.32. The van der Waals surface area contributed by atoms with E-state index in [1.54, 1.807) is 13.2 Å². The summed E-state index contributed by atoms with van der Waals surface area (Å²) in [7, 11) is -0.0532. The van der Waals surface area contributed by atoms with Gasteiger partial charge in [-0.1, -0.05) is 29.3 Å². The number of anilines is 1. The summed E-state index contributed by atoms with van der Waals surface area (Å²) in [5.74, 6) is 0.317. The van der Waals surface area contributed by atoms with Gasteiger partial charge in [0.05, 0.1) is 10.6 Å². The fourth-order valence-electron chi connectivity index (χ4n) is 2.52. The number of benzene rings is 1. The molecule has 3 aromatic rings. The lowest BCUT2D eigenvalue weighted by Crippen LogP contribution is -2.31. The van der Waals surface area contributed by atoms with Gasteiger partial charge in [-0.3, -0.25) is 0 Å². The van der Waals surface area contributed by atoms with E-state index >= 15 is 0 Å². The van der Waals surface area contributed by atoms with Crippen LogP contribution in [0.2, 0.25) is 29.3 Å². The SMILES string of the molecule is CO[Si](C)(C)CCNc1c(-c2c(F)cccc2Cl)c(Cl)nc2ncnn12. The first-order valence-corrected chi connectivity index (χ1v) is 11.8. The van der Waals surface area contributed by atoms with Crippen LogP contribution in [0.15, 0.2) is 24.5 Å². The van der Waals surface area contributed by atoms with Gasteiger partial charge in [-0.05, 0) is 31.3 Å². The zero-order valence-corrected chi connectivity index (χ0v) is 17.1. The van der Waals surface area contributed by atoms with E-state index in [0.717, 1.165) is 6.04 Å². The molecule has 6 nitrogen and oxygen atoms in total. The van der Waals surface area contributed by atoms with Gasteiger partial charge >= 0.3 is 0 Å². The van der Waals surface area contributed by atoms with E-state index in [-0.39, 0.29) is 15.7 Å². The average Bonchev–Trinajstić information content (AvgIpc) is 3.04. The van der Waals surface area contributed by atoms with Crippen LogP contribution in [0.25, 0.3) is 16.9 Å². The Kier molecular flexibility index (Phi) is 5.47. The number of aromatic nitrogens is 4. The molecule has 0 unspecified atom stereocenters. The molecule has 2 aromatic heterocycles. The van der Waals surface area contributed by atoms with Crippen molar-refractivity contribution in [3.63, 3.8) is 0 Å². The first-order chi connectivity index (χ1) is 12.3. The van der Waals surface area contributed by atoms with Gasteiger partial charge in [0.15, 0.2) is 8.32 Å². The lowest BCUT2D eigenvalue weighted by atomic mass is 10.1. The Bertz CT molecular complexity index is 930. The van der Waals surface area contributed by atoms with E-state index in [0.29, 0.717) is 23.7 Å². The monoisotopic (exact) mass is 413 g/mol. The van der Waals surface area contributed by atoms with Crippen molar-refractivity contribution in [1.82, 2.24) is 19.6 Å². The predicted octanol–water partition coefficient (Wildman–Crippen LogP) is 4.50. The van der Waals surface area contributed by atoms with Crippen LogP contribution in [0.3, 0.4) is 0 Å². The lowest BCUT2D eigenvalue weighted by Gasteiger charge is -2.21. The highest BCUT2D eigenvalue weighted by molar-refractivity contribution is 6.71. The number of hydrogen-bond acceptors (Lipinski definition) is 5. The summed E-state index contributed by atoms with van der Waals surface area (Å²) in [6.45, 7) is 4.84. The van der Waals surface area contributed by atoms with Gasteiger partial charge in [-0.25, -0.2) is 4.39 Å². The largest absolute Gasteiger partial charge is 0.420 e. The Hall–Kier alpha value is -1.74. The molecule has 1 N–H and O–H groups in total. The fraction of sp³-hybridized carbons (Fsp3) is 0.312. The average molecular weight is 414 g/mol. The van der Waals surface area contributed by atoms with Gasteiger partial charge < -0.3 is 9.74 Å². The van der Waals surface area contributed by atoms with Crippen LogP contribution in [0.1, 0.15) is 0 Å². The Labute approximate surface area is 161 Å². The van der Waals surface area contributed by atoms with Gasteiger partial charge in [0.2, 0.25) is 0 Å². The molecule has 1 aromatic carbocycles. The first-order valence-electron chi connectivity index (χ1n) is 7.96. The molecule has 0 aliphatic heterocycles. The summed E-state index contributed by atoms with van der Waals surface area (Å²) in [5, 5.41) is 7.81. The lowest BCUT2D eigenvalue weighted by molar-refractivity contribution is 0.404. The van der Waals surface area contributed by atoms with E-state index in [1.165, 1.54) is 23.0 Å². The van der Waals surface area contributed by atoms with Crippen LogP contribution >= 0.6 is 23.2 Å². The highest BCUT2D eigenvalue weighted by Gasteiger charge is 2.24. The summed E-state index contributed by atoms with van der Waals surface area (Å²) in [6.07, 6.45) is 1.37. The highest BCUT2D eigenvalue weighted by Crippen LogP contribution is 2.39. The van der Waals surface area contributed by atoms with Crippen LogP contribution in [0.5, 0.6) is 0 Å². The molecular weight excluding hydrogens is 396 g/mol. The molecule has 0 spiro atoms. The molecule has 0 atom stereocenters. The van der Waals surface area contributed by atoms with E-state index in [9.17, 15) is 4.39 Å². The molecular formula is C16H18Cl2FN5OSi. The van der Waals surface area contributed by atoms with Crippen LogP contribution in [-0.2, 0) is 4.43 Å². The Balaban J connectivity index is 2.12. The standard InChI is InChI=1S/C16H18Cl2FN5OSi/c1-25-26(2,3)8-7-20-15-13(12-10(17)5-4-6-11(12)19)14(18)23-16-21-9-22-24(15)16/h4-6,9,20H,7-8H2,1-3H3. The Morgan fingerprint density at radius 2 is 2.04 bits per heavy atom. The summed E-state index contributed by atoms with van der Waals surface area (Å²) in [4.78, 5) is 8.27. The van der Waals surface area contributed by atoms with Crippen LogP contribution in [0.4, 0.5) is 10.2 Å². The van der Waals surface area contributed by atoms with Gasteiger partial charge in [-0.2, -0.15) is 19.6 Å². The molecule has 2 heterocycles. The molecule has 138 valence electrons. The van der Waals surface area contributed by atoms with E-state index in [2.05, 4.69) is 33.5 Å². The first kappa shape index (κ1) is 19.0.